The maximum absolute atomic E-state index is 12.6. The SMILES string of the molecule is Cc1[nH]nc(NC(=O)C2C[C@@H]3C[C@H](N)[C@@H]3C2)c1-c1cccnc1. The van der Waals surface area contributed by atoms with Crippen molar-refractivity contribution in [3.8, 4) is 11.1 Å². The molecule has 2 saturated carbocycles. The predicted molar refractivity (Wildman–Crippen MR) is 87.5 cm³/mol. The van der Waals surface area contributed by atoms with Gasteiger partial charge in [-0.3, -0.25) is 14.9 Å². The van der Waals surface area contributed by atoms with E-state index in [0.29, 0.717) is 17.7 Å². The molecule has 4 atom stereocenters. The zero-order valence-corrected chi connectivity index (χ0v) is 13.1. The Balaban J connectivity index is 1.53. The van der Waals surface area contributed by atoms with Crippen LogP contribution in [0.15, 0.2) is 24.5 Å². The molecule has 0 spiro atoms. The molecule has 4 N–H and O–H groups in total. The van der Waals surface area contributed by atoms with Gasteiger partial charge in [0.05, 0.1) is 0 Å². The maximum atomic E-state index is 12.6. The van der Waals surface area contributed by atoms with Crippen LogP contribution < -0.4 is 11.1 Å². The molecule has 23 heavy (non-hydrogen) atoms. The number of hydrogen-bond donors (Lipinski definition) is 3. The summed E-state index contributed by atoms with van der Waals surface area (Å²) < 4.78 is 0. The van der Waals surface area contributed by atoms with E-state index in [1.54, 1.807) is 12.4 Å². The Morgan fingerprint density at radius 2 is 2.26 bits per heavy atom. The topological polar surface area (TPSA) is 96.7 Å². The molecule has 0 aliphatic heterocycles. The number of aryl methyl sites for hydroxylation is 1. The van der Waals surface area contributed by atoms with Crippen molar-refractivity contribution in [3.63, 3.8) is 0 Å². The smallest absolute Gasteiger partial charge is 0.228 e. The lowest BCUT2D eigenvalue weighted by atomic mass is 9.72. The average molecular weight is 311 g/mol. The molecule has 2 aliphatic carbocycles. The standard InChI is InChI=1S/C17H21N5O/c1-9-15(10-3-2-4-19-8-10)16(22-21-9)20-17(23)12-5-11-7-14(18)13(11)6-12/h2-4,8,11-14H,5-7,18H2,1H3,(H2,20,21,22,23)/t11-,12?,13-,14+/m1/s1. The lowest BCUT2D eigenvalue weighted by molar-refractivity contribution is -0.119. The molecule has 2 aliphatic rings. The molecule has 2 heterocycles. The third kappa shape index (κ3) is 2.43. The number of nitrogens with zero attached hydrogens (tertiary/aromatic N) is 2. The number of pyridine rings is 1. The second kappa shape index (κ2) is 5.45. The van der Waals surface area contributed by atoms with Crippen LogP contribution in [0.5, 0.6) is 0 Å². The van der Waals surface area contributed by atoms with Gasteiger partial charge in [-0.15, -0.1) is 0 Å². The first-order valence-corrected chi connectivity index (χ1v) is 8.15. The summed E-state index contributed by atoms with van der Waals surface area (Å²) in [4.78, 5) is 16.8. The molecule has 2 aromatic heterocycles. The van der Waals surface area contributed by atoms with Gasteiger partial charge in [0.1, 0.15) is 0 Å². The van der Waals surface area contributed by atoms with Gasteiger partial charge in [0.15, 0.2) is 5.82 Å². The van der Waals surface area contributed by atoms with Gasteiger partial charge in [-0.25, -0.2) is 0 Å². The third-order valence-corrected chi connectivity index (χ3v) is 5.38. The van der Waals surface area contributed by atoms with Gasteiger partial charge in [0.2, 0.25) is 5.91 Å². The predicted octanol–water partition coefficient (Wildman–Crippen LogP) is 2.09. The van der Waals surface area contributed by atoms with Gasteiger partial charge in [-0.05, 0) is 44.1 Å². The Bertz CT molecular complexity index is 726. The van der Waals surface area contributed by atoms with Crippen molar-refractivity contribution in [2.75, 3.05) is 5.32 Å². The highest BCUT2D eigenvalue weighted by atomic mass is 16.2. The molecule has 0 bridgehead atoms. The highest BCUT2D eigenvalue weighted by Gasteiger charge is 2.47. The zero-order valence-electron chi connectivity index (χ0n) is 13.1. The van der Waals surface area contributed by atoms with E-state index < -0.39 is 0 Å². The van der Waals surface area contributed by atoms with Crippen LogP contribution in [-0.4, -0.2) is 27.1 Å². The maximum Gasteiger partial charge on any atom is 0.228 e. The number of fused-ring (bicyclic) bond motifs is 1. The molecule has 0 aromatic carbocycles. The Kier molecular flexibility index (Phi) is 3.41. The number of amides is 1. The van der Waals surface area contributed by atoms with E-state index in [-0.39, 0.29) is 17.9 Å². The monoisotopic (exact) mass is 311 g/mol. The van der Waals surface area contributed by atoms with Crippen LogP contribution >= 0.6 is 0 Å². The molecule has 2 fully saturated rings. The van der Waals surface area contributed by atoms with Gasteiger partial charge in [-0.1, -0.05) is 6.07 Å². The van der Waals surface area contributed by atoms with Gasteiger partial charge in [-0.2, -0.15) is 5.10 Å². The number of carbonyl (C=O) groups excluding carboxylic acids is 1. The molecule has 0 saturated heterocycles. The summed E-state index contributed by atoms with van der Waals surface area (Å²) in [7, 11) is 0. The number of aromatic amines is 1. The van der Waals surface area contributed by atoms with Crippen molar-refractivity contribution >= 4 is 11.7 Å². The second-order valence-electron chi connectivity index (χ2n) is 6.79. The highest BCUT2D eigenvalue weighted by Crippen LogP contribution is 2.49. The molecular weight excluding hydrogens is 290 g/mol. The Labute approximate surface area is 134 Å². The van der Waals surface area contributed by atoms with Gasteiger partial charge in [0, 0.05) is 41.2 Å². The van der Waals surface area contributed by atoms with Crippen LogP contribution in [-0.2, 0) is 4.79 Å². The molecule has 6 nitrogen and oxygen atoms in total. The summed E-state index contributed by atoms with van der Waals surface area (Å²) in [5.74, 6) is 1.87. The lowest BCUT2D eigenvalue weighted by Crippen LogP contribution is -2.44. The van der Waals surface area contributed by atoms with Crippen molar-refractivity contribution < 1.29 is 4.79 Å². The van der Waals surface area contributed by atoms with E-state index >= 15 is 0 Å². The first kappa shape index (κ1) is 14.4. The third-order valence-electron chi connectivity index (χ3n) is 5.38. The van der Waals surface area contributed by atoms with E-state index in [4.69, 9.17) is 5.73 Å². The van der Waals surface area contributed by atoms with Crippen molar-refractivity contribution in [2.45, 2.75) is 32.2 Å². The quantitative estimate of drug-likeness (QED) is 0.808. The molecule has 0 radical (unpaired) electrons. The van der Waals surface area contributed by atoms with Crippen LogP contribution in [0, 0.1) is 24.7 Å². The number of aromatic nitrogens is 3. The fraction of sp³-hybridized carbons (Fsp3) is 0.471. The molecule has 1 amide bonds. The van der Waals surface area contributed by atoms with Crippen LogP contribution in [0.1, 0.15) is 25.0 Å². The molecular formula is C17H21N5O. The summed E-state index contributed by atoms with van der Waals surface area (Å²) >= 11 is 0. The van der Waals surface area contributed by atoms with Crippen molar-refractivity contribution in [2.24, 2.45) is 23.5 Å². The van der Waals surface area contributed by atoms with Gasteiger partial charge >= 0.3 is 0 Å². The second-order valence-corrected chi connectivity index (χ2v) is 6.79. The van der Waals surface area contributed by atoms with E-state index in [9.17, 15) is 4.79 Å². The fourth-order valence-corrected chi connectivity index (χ4v) is 4.10. The molecule has 2 aromatic rings. The van der Waals surface area contributed by atoms with Crippen LogP contribution in [0.25, 0.3) is 11.1 Å². The van der Waals surface area contributed by atoms with Crippen molar-refractivity contribution in [1.82, 2.24) is 15.2 Å². The normalized spacial score (nSPS) is 29.0. The van der Waals surface area contributed by atoms with Crippen molar-refractivity contribution in [3.05, 3.63) is 30.2 Å². The lowest BCUT2D eigenvalue weighted by Gasteiger charge is -2.37. The van der Waals surface area contributed by atoms with E-state index in [2.05, 4.69) is 20.5 Å². The van der Waals surface area contributed by atoms with Gasteiger partial charge in [0.25, 0.3) is 0 Å². The highest BCUT2D eigenvalue weighted by molar-refractivity contribution is 5.96. The minimum atomic E-state index is 0.0531. The number of carbonyl (C=O) groups is 1. The molecule has 4 rings (SSSR count). The number of hydrogen-bond acceptors (Lipinski definition) is 4. The van der Waals surface area contributed by atoms with E-state index in [0.717, 1.165) is 36.1 Å². The molecule has 1 unspecified atom stereocenters. The number of anilines is 1. The first-order chi connectivity index (χ1) is 11.1. The van der Waals surface area contributed by atoms with E-state index in [1.807, 2.05) is 19.1 Å². The van der Waals surface area contributed by atoms with E-state index in [1.165, 1.54) is 0 Å². The summed E-state index contributed by atoms with van der Waals surface area (Å²) in [5.41, 5.74) is 8.80. The Morgan fingerprint density at radius 3 is 2.96 bits per heavy atom. The largest absolute Gasteiger partial charge is 0.327 e. The average Bonchev–Trinajstić information content (AvgIpc) is 3.08. The Hall–Kier alpha value is -2.21. The van der Waals surface area contributed by atoms with Crippen LogP contribution in [0.3, 0.4) is 0 Å². The minimum Gasteiger partial charge on any atom is -0.327 e. The number of nitrogens with two attached hydrogens (primary N) is 1. The number of rotatable bonds is 3. The van der Waals surface area contributed by atoms with Crippen LogP contribution in [0.2, 0.25) is 0 Å². The van der Waals surface area contributed by atoms with Crippen LogP contribution in [0.4, 0.5) is 5.82 Å². The zero-order chi connectivity index (χ0) is 16.0. The van der Waals surface area contributed by atoms with Crippen molar-refractivity contribution in [1.29, 1.82) is 0 Å². The summed E-state index contributed by atoms with van der Waals surface area (Å²) in [6, 6.07) is 4.13. The summed E-state index contributed by atoms with van der Waals surface area (Å²) in [6.45, 7) is 1.94. The number of nitrogens with one attached hydrogen (secondary N) is 2. The van der Waals surface area contributed by atoms with Gasteiger partial charge < -0.3 is 11.1 Å². The first-order valence-electron chi connectivity index (χ1n) is 8.15. The summed E-state index contributed by atoms with van der Waals surface area (Å²) in [5, 5.41) is 10.2. The molecule has 120 valence electrons. The number of H-pyrrole nitrogens is 1. The molecule has 6 heteroatoms. The minimum absolute atomic E-state index is 0.0531. The summed E-state index contributed by atoms with van der Waals surface area (Å²) in [6.07, 6.45) is 6.44. The Morgan fingerprint density at radius 1 is 1.39 bits per heavy atom. The fourth-order valence-electron chi connectivity index (χ4n) is 4.10.